The molecule has 10 heteroatoms. The van der Waals surface area contributed by atoms with Crippen LogP contribution in [0.15, 0.2) is 29.2 Å². The topological polar surface area (TPSA) is 97.6 Å². The molecule has 0 fully saturated rings. The Hall–Kier alpha value is -2.77. The van der Waals surface area contributed by atoms with Crippen LogP contribution in [0.1, 0.15) is 60.0 Å². The normalized spacial score (nSPS) is 18.4. The highest BCUT2D eigenvalue weighted by atomic mass is 31.2. The van der Waals surface area contributed by atoms with Crippen molar-refractivity contribution in [3.8, 4) is 5.75 Å². The van der Waals surface area contributed by atoms with Gasteiger partial charge in [0.15, 0.2) is 11.5 Å². The van der Waals surface area contributed by atoms with Crippen LogP contribution in [0.2, 0.25) is 0 Å². The quantitative estimate of drug-likeness (QED) is 0.476. The number of pyridine rings is 1. The van der Waals surface area contributed by atoms with Gasteiger partial charge in [0.25, 0.3) is 5.91 Å². The molecule has 2 unspecified atom stereocenters. The third kappa shape index (κ3) is 5.79. The van der Waals surface area contributed by atoms with Crippen molar-refractivity contribution in [2.75, 3.05) is 19.4 Å². The number of nitrogens with zero attached hydrogens (tertiary/aromatic N) is 1. The van der Waals surface area contributed by atoms with Gasteiger partial charge in [0.1, 0.15) is 22.9 Å². The zero-order valence-corrected chi connectivity index (χ0v) is 22.0. The second-order valence-corrected chi connectivity index (χ2v) is 13.3. The number of nitrogens with one attached hydrogen (secondary N) is 1. The highest BCUT2D eigenvalue weighted by molar-refractivity contribution is 7.68. The lowest BCUT2D eigenvalue weighted by atomic mass is 9.70. The maximum Gasteiger partial charge on any atom is 0.257 e. The van der Waals surface area contributed by atoms with Crippen LogP contribution in [-0.2, 0) is 17.6 Å². The summed E-state index contributed by atoms with van der Waals surface area (Å²) in [5.41, 5.74) is -2.24. The number of carbonyl (C=O) groups excluding carboxylic acids is 2. The van der Waals surface area contributed by atoms with Crippen LogP contribution < -0.4 is 10.7 Å². The molecule has 0 radical (unpaired) electrons. The molecule has 2 aromatic rings. The summed E-state index contributed by atoms with van der Waals surface area (Å²) in [6.07, 6.45) is 7.77. The van der Waals surface area contributed by atoms with E-state index in [9.17, 15) is 28.3 Å². The molecule has 0 spiro atoms. The highest BCUT2D eigenvalue weighted by Gasteiger charge is 2.44. The van der Waals surface area contributed by atoms with Gasteiger partial charge in [0.05, 0.1) is 0 Å². The first-order valence-electron chi connectivity index (χ1n) is 11.9. The number of hydrogen-bond acceptors (Lipinski definition) is 5. The van der Waals surface area contributed by atoms with Crippen LogP contribution in [0.5, 0.6) is 5.75 Å². The molecule has 36 heavy (non-hydrogen) atoms. The fraction of sp³-hybridized carbons (Fsp3) is 0.462. The molecule has 2 atom stereocenters. The molecule has 3 rings (SSSR count). The van der Waals surface area contributed by atoms with Crippen LogP contribution in [0.4, 0.5) is 8.78 Å². The third-order valence-electron chi connectivity index (χ3n) is 6.82. The number of amides is 1. The van der Waals surface area contributed by atoms with Gasteiger partial charge in [-0.15, -0.1) is 0 Å². The van der Waals surface area contributed by atoms with Crippen molar-refractivity contribution in [1.82, 2.24) is 9.88 Å². The molecule has 2 heterocycles. The van der Waals surface area contributed by atoms with Crippen LogP contribution in [0.25, 0.3) is 0 Å². The van der Waals surface area contributed by atoms with E-state index in [1.807, 2.05) is 13.6 Å². The molecule has 1 aliphatic heterocycles. The number of Topliss-reactive ketones (excluding diaryl/α,β-unsaturated/α-hetero) is 1. The number of benzene rings is 1. The Labute approximate surface area is 209 Å². The van der Waals surface area contributed by atoms with E-state index in [1.54, 1.807) is 13.8 Å². The van der Waals surface area contributed by atoms with E-state index in [2.05, 4.69) is 11.6 Å². The summed E-state index contributed by atoms with van der Waals surface area (Å²) in [7, 11) is -1.73. The summed E-state index contributed by atoms with van der Waals surface area (Å²) in [5.74, 6) is -3.67. The number of aromatic nitrogens is 1. The van der Waals surface area contributed by atoms with Crippen molar-refractivity contribution in [2.45, 2.75) is 46.7 Å². The van der Waals surface area contributed by atoms with Gasteiger partial charge in [-0.25, -0.2) is 8.78 Å². The average Bonchev–Trinajstić information content (AvgIpc) is 2.78. The van der Waals surface area contributed by atoms with Gasteiger partial charge in [-0.1, -0.05) is 26.2 Å². The Balaban J connectivity index is 1.84. The fourth-order valence-corrected chi connectivity index (χ4v) is 6.19. The van der Waals surface area contributed by atoms with Gasteiger partial charge in [0, 0.05) is 42.9 Å². The Morgan fingerprint density at radius 2 is 2.03 bits per heavy atom. The molecule has 1 aromatic carbocycles. The number of ketones is 1. The third-order valence-corrected chi connectivity index (χ3v) is 8.96. The summed E-state index contributed by atoms with van der Waals surface area (Å²) in [6.45, 7) is 8.19. The lowest BCUT2D eigenvalue weighted by molar-refractivity contribution is 0.0625. The Kier molecular flexibility index (Phi) is 8.26. The monoisotopic (exact) mass is 522 g/mol. The van der Waals surface area contributed by atoms with Gasteiger partial charge < -0.3 is 19.5 Å². The second-order valence-electron chi connectivity index (χ2n) is 9.97. The molecule has 0 aliphatic carbocycles. The first-order chi connectivity index (χ1) is 16.8. The van der Waals surface area contributed by atoms with E-state index in [-0.39, 0.29) is 35.1 Å². The summed E-state index contributed by atoms with van der Waals surface area (Å²) in [5, 5.41) is 13.0. The van der Waals surface area contributed by atoms with E-state index >= 15 is 0 Å². The maximum absolute atomic E-state index is 13.9. The van der Waals surface area contributed by atoms with Crippen molar-refractivity contribution < 1.29 is 28.0 Å². The summed E-state index contributed by atoms with van der Waals surface area (Å²) in [6, 6.07) is 2.95. The van der Waals surface area contributed by atoms with Crippen LogP contribution >= 0.6 is 7.11 Å². The number of aromatic hydroxyl groups is 1. The molecule has 1 aromatic heterocycles. The molecule has 0 saturated heterocycles. The molecule has 1 aliphatic rings. The number of fused-ring (bicyclic) bond motifs is 1. The van der Waals surface area contributed by atoms with Crippen LogP contribution in [-0.4, -0.2) is 47.1 Å². The van der Waals surface area contributed by atoms with Gasteiger partial charge in [-0.2, -0.15) is 0 Å². The minimum absolute atomic E-state index is 0.0383. The van der Waals surface area contributed by atoms with Gasteiger partial charge in [0.2, 0.25) is 5.43 Å². The SMILES string of the molecule is C=P(C)(CCCC1Cn2cc(C(=O)NCc3ccc(F)cc3F)c(=O)c(O)c2C(=O)C1(C)C)OCC. The van der Waals surface area contributed by atoms with Crippen molar-refractivity contribution in [1.29, 1.82) is 0 Å². The molecule has 7 nitrogen and oxygen atoms in total. The first-order valence-corrected chi connectivity index (χ1v) is 14.4. The molecular weight excluding hydrogens is 489 g/mol. The molecule has 1 amide bonds. The lowest BCUT2D eigenvalue weighted by Gasteiger charge is -2.39. The number of hydrogen-bond donors (Lipinski definition) is 2. The first kappa shape index (κ1) is 27.8. The fourth-order valence-electron chi connectivity index (χ4n) is 4.59. The van der Waals surface area contributed by atoms with Crippen molar-refractivity contribution in [3.05, 3.63) is 63.1 Å². The Morgan fingerprint density at radius 3 is 2.67 bits per heavy atom. The zero-order chi connectivity index (χ0) is 26.8. The molecule has 0 bridgehead atoms. The highest BCUT2D eigenvalue weighted by Crippen LogP contribution is 2.45. The number of carbonyl (C=O) groups is 2. The smallest absolute Gasteiger partial charge is 0.257 e. The number of halogens is 2. The minimum atomic E-state index is -1.73. The Bertz CT molecular complexity index is 1290. The maximum atomic E-state index is 13.9. The van der Waals surface area contributed by atoms with E-state index in [4.69, 9.17) is 4.52 Å². The second kappa shape index (κ2) is 10.7. The zero-order valence-electron chi connectivity index (χ0n) is 21.1. The van der Waals surface area contributed by atoms with Crippen molar-refractivity contribution in [3.63, 3.8) is 0 Å². The minimum Gasteiger partial charge on any atom is -0.503 e. The molecule has 196 valence electrons. The van der Waals surface area contributed by atoms with Gasteiger partial charge >= 0.3 is 0 Å². The van der Waals surface area contributed by atoms with E-state index < -0.39 is 41.2 Å². The predicted octanol–water partition coefficient (Wildman–Crippen LogP) is 4.41. The largest absolute Gasteiger partial charge is 0.503 e. The van der Waals surface area contributed by atoms with E-state index in [1.165, 1.54) is 16.8 Å². The number of rotatable bonds is 9. The summed E-state index contributed by atoms with van der Waals surface area (Å²) in [4.78, 5) is 38.8. The van der Waals surface area contributed by atoms with Crippen molar-refractivity contribution in [2.24, 2.45) is 11.3 Å². The van der Waals surface area contributed by atoms with Gasteiger partial charge in [-0.3, -0.25) is 14.4 Å². The predicted molar refractivity (Wildman–Crippen MR) is 137 cm³/mol. The van der Waals surface area contributed by atoms with Crippen molar-refractivity contribution >= 4 is 25.1 Å². The summed E-state index contributed by atoms with van der Waals surface area (Å²) < 4.78 is 34.2. The molecular formula is C26H33F2N2O5P. The molecule has 0 saturated carbocycles. The standard InChI is InChI=1S/C26H33F2N2O5P/c1-6-35-36(4,5)11-7-8-17-14-30-15-19(22(31)23(32)21(30)24(33)26(17,2)3)25(34)29-13-16-9-10-18(27)12-20(16)28/h9-10,12,15,17,32H,4,6-8,11,13-14H2,1-3,5H3,(H,29,34). The average molecular weight is 523 g/mol. The summed E-state index contributed by atoms with van der Waals surface area (Å²) >= 11 is 0. The van der Waals surface area contributed by atoms with Crippen LogP contribution in [0, 0.1) is 23.0 Å². The van der Waals surface area contributed by atoms with E-state index in [0.29, 0.717) is 25.6 Å². The lowest BCUT2D eigenvalue weighted by Crippen LogP contribution is -2.44. The Morgan fingerprint density at radius 1 is 1.33 bits per heavy atom. The van der Waals surface area contributed by atoms with Crippen LogP contribution in [0.3, 0.4) is 0 Å². The van der Waals surface area contributed by atoms with E-state index in [0.717, 1.165) is 18.6 Å². The van der Waals surface area contributed by atoms with Gasteiger partial charge in [-0.05, 0) is 51.7 Å². The molecule has 2 N–H and O–H groups in total.